The summed E-state index contributed by atoms with van der Waals surface area (Å²) in [5.41, 5.74) is 1.78. The summed E-state index contributed by atoms with van der Waals surface area (Å²) < 4.78 is 8.99. The van der Waals surface area contributed by atoms with Gasteiger partial charge in [0.1, 0.15) is 11.4 Å². The minimum absolute atomic E-state index is 0.000628. The molecular formula is C24H26N6O3S. The first-order valence-electron chi connectivity index (χ1n) is 11.7. The second-order valence-electron chi connectivity index (χ2n) is 9.63. The highest BCUT2D eigenvalue weighted by atomic mass is 32.1. The molecule has 34 heavy (non-hydrogen) atoms. The van der Waals surface area contributed by atoms with Gasteiger partial charge >= 0.3 is 5.69 Å². The summed E-state index contributed by atoms with van der Waals surface area (Å²) in [6.07, 6.45) is 7.22. The SMILES string of the molecule is CC1(C)Cc2c(sc3c2c2nc(-c4ccncc4)nn2c(=O)n3CC(=O)N2CCCCC2)CO1. The van der Waals surface area contributed by atoms with E-state index >= 15 is 0 Å². The zero-order valence-corrected chi connectivity index (χ0v) is 20.1. The van der Waals surface area contributed by atoms with Crippen LogP contribution in [0, 0.1) is 0 Å². The molecule has 6 rings (SSSR count). The van der Waals surface area contributed by atoms with E-state index in [9.17, 15) is 9.59 Å². The van der Waals surface area contributed by atoms with Crippen LogP contribution in [0.2, 0.25) is 0 Å². The number of aromatic nitrogens is 5. The van der Waals surface area contributed by atoms with Gasteiger partial charge in [-0.2, -0.15) is 4.52 Å². The number of carbonyl (C=O) groups is 1. The summed E-state index contributed by atoms with van der Waals surface area (Å²) in [7, 11) is 0. The van der Waals surface area contributed by atoms with Crippen molar-refractivity contribution in [3.05, 3.63) is 45.5 Å². The Morgan fingerprint density at radius 1 is 1.18 bits per heavy atom. The lowest BCUT2D eigenvalue weighted by Gasteiger charge is -2.30. The average molecular weight is 479 g/mol. The Labute approximate surface area is 200 Å². The van der Waals surface area contributed by atoms with Gasteiger partial charge in [-0.25, -0.2) is 9.78 Å². The molecule has 4 aromatic rings. The third-order valence-corrected chi connectivity index (χ3v) is 7.93. The van der Waals surface area contributed by atoms with Crippen molar-refractivity contribution >= 4 is 33.1 Å². The first-order chi connectivity index (χ1) is 16.4. The Kier molecular flexibility index (Phi) is 5.03. The fourth-order valence-corrected chi connectivity index (χ4v) is 6.13. The molecule has 0 spiro atoms. The molecule has 9 nitrogen and oxygen atoms in total. The molecule has 0 bridgehead atoms. The number of nitrogens with zero attached hydrogens (tertiary/aromatic N) is 6. The maximum absolute atomic E-state index is 13.7. The van der Waals surface area contributed by atoms with Crippen LogP contribution < -0.4 is 5.69 Å². The number of amides is 1. The first kappa shape index (κ1) is 21.4. The van der Waals surface area contributed by atoms with Crippen LogP contribution in [0.3, 0.4) is 0 Å². The lowest BCUT2D eigenvalue weighted by molar-refractivity contribution is -0.132. The predicted molar refractivity (Wildman–Crippen MR) is 129 cm³/mol. The molecule has 1 fully saturated rings. The first-order valence-corrected chi connectivity index (χ1v) is 12.5. The van der Waals surface area contributed by atoms with Crippen molar-refractivity contribution < 1.29 is 9.53 Å². The van der Waals surface area contributed by atoms with Crippen LogP contribution >= 0.6 is 11.3 Å². The number of rotatable bonds is 3. The van der Waals surface area contributed by atoms with Gasteiger partial charge in [-0.3, -0.25) is 14.3 Å². The van der Waals surface area contributed by atoms with Crippen molar-refractivity contribution in [2.45, 2.75) is 58.3 Å². The van der Waals surface area contributed by atoms with Crippen LogP contribution in [0.5, 0.6) is 0 Å². The summed E-state index contributed by atoms with van der Waals surface area (Å²) in [4.78, 5) is 39.4. The van der Waals surface area contributed by atoms with Crippen LogP contribution in [0.25, 0.3) is 27.3 Å². The van der Waals surface area contributed by atoms with Gasteiger partial charge in [-0.15, -0.1) is 16.4 Å². The Morgan fingerprint density at radius 2 is 1.94 bits per heavy atom. The minimum Gasteiger partial charge on any atom is -0.370 e. The summed E-state index contributed by atoms with van der Waals surface area (Å²) in [5.74, 6) is 0.437. The number of pyridine rings is 1. The van der Waals surface area contributed by atoms with Crippen LogP contribution in [-0.4, -0.2) is 53.6 Å². The molecule has 0 N–H and O–H groups in total. The molecule has 0 aromatic carbocycles. The Bertz CT molecular complexity index is 1460. The van der Waals surface area contributed by atoms with Crippen LogP contribution in [0.15, 0.2) is 29.3 Å². The normalized spacial score (nSPS) is 17.9. The van der Waals surface area contributed by atoms with E-state index in [1.165, 1.54) is 15.9 Å². The van der Waals surface area contributed by atoms with E-state index in [0.29, 0.717) is 24.5 Å². The number of hydrogen-bond donors (Lipinski definition) is 0. The van der Waals surface area contributed by atoms with E-state index in [1.807, 2.05) is 17.0 Å². The maximum atomic E-state index is 13.7. The van der Waals surface area contributed by atoms with Gasteiger partial charge in [0, 0.05) is 42.3 Å². The smallest absolute Gasteiger partial charge is 0.352 e. The predicted octanol–water partition coefficient (Wildman–Crippen LogP) is 3.03. The second kappa shape index (κ2) is 7.99. The quantitative estimate of drug-likeness (QED) is 0.449. The lowest BCUT2D eigenvalue weighted by atomic mass is 9.94. The van der Waals surface area contributed by atoms with E-state index in [0.717, 1.165) is 58.6 Å². The van der Waals surface area contributed by atoms with E-state index < -0.39 is 0 Å². The number of fused-ring (bicyclic) bond motifs is 5. The molecule has 0 radical (unpaired) electrons. The molecule has 0 atom stereocenters. The molecule has 176 valence electrons. The van der Waals surface area contributed by atoms with Gasteiger partial charge in [0.15, 0.2) is 11.5 Å². The van der Waals surface area contributed by atoms with Gasteiger partial charge in [0.2, 0.25) is 5.91 Å². The van der Waals surface area contributed by atoms with Crippen molar-refractivity contribution in [3.8, 4) is 11.4 Å². The Balaban J connectivity index is 1.57. The number of piperidine rings is 1. The third-order valence-electron chi connectivity index (χ3n) is 6.70. The summed E-state index contributed by atoms with van der Waals surface area (Å²) in [6.45, 7) is 6.11. The molecule has 0 saturated carbocycles. The number of carbonyl (C=O) groups excluding carboxylic acids is 1. The van der Waals surface area contributed by atoms with Crippen LogP contribution in [-0.2, 0) is 29.1 Å². The van der Waals surface area contributed by atoms with Crippen molar-refractivity contribution in [3.63, 3.8) is 0 Å². The van der Waals surface area contributed by atoms with Gasteiger partial charge in [0.25, 0.3) is 0 Å². The topological polar surface area (TPSA) is 94.6 Å². The minimum atomic E-state index is -0.348. The van der Waals surface area contributed by atoms with Crippen molar-refractivity contribution in [2.75, 3.05) is 13.1 Å². The molecule has 4 aromatic heterocycles. The van der Waals surface area contributed by atoms with Gasteiger partial charge < -0.3 is 9.64 Å². The highest BCUT2D eigenvalue weighted by Crippen LogP contribution is 2.40. The highest BCUT2D eigenvalue weighted by molar-refractivity contribution is 7.19. The highest BCUT2D eigenvalue weighted by Gasteiger charge is 2.32. The van der Waals surface area contributed by atoms with Crippen molar-refractivity contribution in [2.24, 2.45) is 0 Å². The zero-order chi connectivity index (χ0) is 23.4. The summed E-state index contributed by atoms with van der Waals surface area (Å²) in [6, 6.07) is 3.65. The molecule has 1 amide bonds. The standard InChI is InChI=1S/C24H26N6O3S/c1-24(2)12-16-17(14-33-24)34-22-19(16)21-26-20(15-6-8-25-9-7-15)27-30(21)23(32)29(22)13-18(31)28-10-4-3-5-11-28/h6-9H,3-5,10-14H2,1-2H3. The lowest BCUT2D eigenvalue weighted by Crippen LogP contribution is -2.40. The van der Waals surface area contributed by atoms with E-state index in [2.05, 4.69) is 23.9 Å². The number of thiophene rings is 1. The fourth-order valence-electron chi connectivity index (χ4n) is 4.91. The van der Waals surface area contributed by atoms with Crippen LogP contribution in [0.4, 0.5) is 0 Å². The van der Waals surface area contributed by atoms with Gasteiger partial charge in [0.05, 0.1) is 17.6 Å². The third kappa shape index (κ3) is 3.52. The fraction of sp³-hybridized carbons (Fsp3) is 0.458. The molecule has 10 heteroatoms. The van der Waals surface area contributed by atoms with E-state index in [1.54, 1.807) is 17.0 Å². The molecule has 6 heterocycles. The largest absolute Gasteiger partial charge is 0.370 e. The molecule has 0 unspecified atom stereocenters. The Morgan fingerprint density at radius 3 is 2.71 bits per heavy atom. The van der Waals surface area contributed by atoms with Gasteiger partial charge in [-0.05, 0) is 50.8 Å². The van der Waals surface area contributed by atoms with E-state index in [4.69, 9.17) is 9.72 Å². The second-order valence-corrected chi connectivity index (χ2v) is 10.7. The average Bonchev–Trinajstić information content (AvgIpc) is 3.44. The van der Waals surface area contributed by atoms with Crippen molar-refractivity contribution in [1.82, 2.24) is 29.0 Å². The number of ether oxygens (including phenoxy) is 1. The molecule has 1 saturated heterocycles. The van der Waals surface area contributed by atoms with E-state index in [-0.39, 0.29) is 23.7 Å². The zero-order valence-electron chi connectivity index (χ0n) is 19.3. The monoisotopic (exact) mass is 478 g/mol. The molecule has 2 aliphatic rings. The van der Waals surface area contributed by atoms with Crippen molar-refractivity contribution in [1.29, 1.82) is 0 Å². The molecule has 2 aliphatic heterocycles. The molecular weight excluding hydrogens is 452 g/mol. The van der Waals surface area contributed by atoms with Crippen LogP contribution in [0.1, 0.15) is 43.6 Å². The van der Waals surface area contributed by atoms with Gasteiger partial charge in [-0.1, -0.05) is 0 Å². The number of hydrogen-bond acceptors (Lipinski definition) is 7. The summed E-state index contributed by atoms with van der Waals surface area (Å²) >= 11 is 1.53. The maximum Gasteiger partial charge on any atom is 0.352 e. The number of likely N-dealkylation sites (tertiary alicyclic amines) is 1. The Hall–Kier alpha value is -3.11. The molecule has 0 aliphatic carbocycles. The summed E-state index contributed by atoms with van der Waals surface area (Å²) in [5, 5.41) is 5.47.